The Morgan fingerprint density at radius 3 is 2.81 bits per heavy atom. The number of aliphatic imine (C=N–C) groups is 1. The standard InChI is InChI=1S/C23H28FIN8O3/c1-23(22(26)27-13-10-15(24)29-16(35)11-13)5-7-32(8-6-23)20-14(12-34)28-18-19(25)31-33(21(18)30-20)17-4-2-3-9-36-17/h10-11,17,34H,2-9,12H2,1H3,(H3,26,27,29,35). The Morgan fingerprint density at radius 1 is 1.36 bits per heavy atom. The lowest BCUT2D eigenvalue weighted by atomic mass is 9.79. The topological polar surface area (TPSA) is 148 Å². The van der Waals surface area contributed by atoms with E-state index in [1.54, 1.807) is 0 Å². The molecule has 4 N–H and O–H groups in total. The molecule has 2 fully saturated rings. The number of fused-ring (bicyclic) bond motifs is 1. The van der Waals surface area contributed by atoms with Gasteiger partial charge < -0.3 is 20.5 Å². The lowest BCUT2D eigenvalue weighted by Crippen LogP contribution is -2.46. The van der Waals surface area contributed by atoms with Crippen LogP contribution in [0.15, 0.2) is 21.9 Å². The van der Waals surface area contributed by atoms with Crippen molar-refractivity contribution in [1.29, 1.82) is 0 Å². The number of aliphatic hydroxyl groups excluding tert-OH is 1. The van der Waals surface area contributed by atoms with Gasteiger partial charge in [0, 0.05) is 37.2 Å². The van der Waals surface area contributed by atoms with Gasteiger partial charge in [-0.3, -0.25) is 9.78 Å². The van der Waals surface area contributed by atoms with Crippen molar-refractivity contribution in [2.24, 2.45) is 16.1 Å². The van der Waals surface area contributed by atoms with Crippen LogP contribution < -0.4 is 16.2 Å². The molecule has 36 heavy (non-hydrogen) atoms. The average molecular weight is 610 g/mol. The van der Waals surface area contributed by atoms with Gasteiger partial charge in [0.15, 0.2) is 27.3 Å². The smallest absolute Gasteiger partial charge is 0.252 e. The third-order valence-electron chi connectivity index (χ3n) is 6.95. The fraction of sp³-hybridized carbons (Fsp3) is 0.522. The first-order chi connectivity index (χ1) is 17.3. The maximum Gasteiger partial charge on any atom is 0.252 e. The predicted molar refractivity (Wildman–Crippen MR) is 141 cm³/mol. The molecule has 0 aromatic carbocycles. The number of aliphatic hydroxyl groups is 1. The van der Waals surface area contributed by atoms with Crippen molar-refractivity contribution in [3.63, 3.8) is 0 Å². The Hall–Kier alpha value is -2.65. The molecule has 5 rings (SSSR count). The van der Waals surface area contributed by atoms with E-state index in [0.29, 0.717) is 61.0 Å². The number of nitrogens with two attached hydrogens (primary N) is 1. The molecule has 3 aromatic heterocycles. The van der Waals surface area contributed by atoms with Crippen LogP contribution in [0.5, 0.6) is 0 Å². The van der Waals surface area contributed by atoms with E-state index in [1.165, 1.54) is 6.07 Å². The first-order valence-electron chi connectivity index (χ1n) is 11.9. The molecule has 11 nitrogen and oxygen atoms in total. The van der Waals surface area contributed by atoms with E-state index in [4.69, 9.17) is 20.4 Å². The van der Waals surface area contributed by atoms with Crippen LogP contribution >= 0.6 is 22.6 Å². The number of hydrogen-bond acceptors (Lipinski definition) is 8. The molecule has 0 bridgehead atoms. The molecule has 1 unspecified atom stereocenters. The van der Waals surface area contributed by atoms with Crippen molar-refractivity contribution < 1.29 is 14.2 Å². The van der Waals surface area contributed by atoms with E-state index >= 15 is 0 Å². The van der Waals surface area contributed by atoms with Gasteiger partial charge in [0.2, 0.25) is 0 Å². The van der Waals surface area contributed by atoms with Crippen molar-refractivity contribution in [3.05, 3.63) is 37.8 Å². The van der Waals surface area contributed by atoms with E-state index in [9.17, 15) is 14.3 Å². The molecule has 0 radical (unpaired) electrons. The first-order valence-corrected chi connectivity index (χ1v) is 13.0. The summed E-state index contributed by atoms with van der Waals surface area (Å²) in [5.74, 6) is 0.206. The van der Waals surface area contributed by atoms with Crippen molar-refractivity contribution in [2.45, 2.75) is 51.9 Å². The van der Waals surface area contributed by atoms with Crippen LogP contribution in [0, 0.1) is 15.1 Å². The summed E-state index contributed by atoms with van der Waals surface area (Å²) in [6.07, 6.45) is 4.09. The zero-order chi connectivity index (χ0) is 25.4. The number of aromatic nitrogens is 5. The number of pyridine rings is 1. The Labute approximate surface area is 220 Å². The molecule has 0 spiro atoms. The predicted octanol–water partition coefficient (Wildman–Crippen LogP) is 2.75. The van der Waals surface area contributed by atoms with Gasteiger partial charge in [0.25, 0.3) is 5.56 Å². The lowest BCUT2D eigenvalue weighted by Gasteiger charge is -2.39. The minimum absolute atomic E-state index is 0.178. The molecule has 2 aliphatic heterocycles. The fourth-order valence-electron chi connectivity index (χ4n) is 4.72. The molecule has 3 aromatic rings. The number of H-pyrrole nitrogens is 1. The molecular weight excluding hydrogens is 582 g/mol. The normalized spacial score (nSPS) is 20.7. The molecule has 2 aliphatic rings. The monoisotopic (exact) mass is 610 g/mol. The molecule has 13 heteroatoms. The average Bonchev–Trinajstić information content (AvgIpc) is 3.19. The van der Waals surface area contributed by atoms with Crippen molar-refractivity contribution in [2.75, 3.05) is 24.6 Å². The number of nitrogens with zero attached hydrogens (tertiary/aromatic N) is 6. The highest BCUT2D eigenvalue weighted by atomic mass is 127. The number of hydrogen-bond donors (Lipinski definition) is 3. The molecule has 5 heterocycles. The fourth-order valence-corrected chi connectivity index (χ4v) is 5.31. The van der Waals surface area contributed by atoms with Gasteiger partial charge in [0.1, 0.15) is 17.0 Å². The molecule has 0 aliphatic carbocycles. The van der Waals surface area contributed by atoms with E-state index in [1.807, 2.05) is 11.6 Å². The lowest BCUT2D eigenvalue weighted by molar-refractivity contribution is -0.0372. The summed E-state index contributed by atoms with van der Waals surface area (Å²) in [6.45, 7) is 3.66. The number of rotatable bonds is 5. The highest BCUT2D eigenvalue weighted by Crippen LogP contribution is 2.36. The maximum absolute atomic E-state index is 13.6. The summed E-state index contributed by atoms with van der Waals surface area (Å²) < 4.78 is 22.0. The number of halogens is 2. The van der Waals surface area contributed by atoms with Crippen molar-refractivity contribution in [3.8, 4) is 0 Å². The van der Waals surface area contributed by atoms with Gasteiger partial charge >= 0.3 is 0 Å². The molecule has 1 atom stereocenters. The summed E-state index contributed by atoms with van der Waals surface area (Å²) >= 11 is 2.14. The molecule has 192 valence electrons. The second-order valence-corrected chi connectivity index (χ2v) is 10.5. The van der Waals surface area contributed by atoms with Crippen LogP contribution in [0.3, 0.4) is 0 Å². The van der Waals surface area contributed by atoms with Crippen LogP contribution in [0.4, 0.5) is 15.9 Å². The third-order valence-corrected chi connectivity index (χ3v) is 7.67. The second kappa shape index (κ2) is 10.0. The summed E-state index contributed by atoms with van der Waals surface area (Å²) in [7, 11) is 0. The minimum atomic E-state index is -0.757. The minimum Gasteiger partial charge on any atom is -0.390 e. The zero-order valence-corrected chi connectivity index (χ0v) is 22.0. The number of nitrogens with one attached hydrogen (secondary N) is 1. The van der Waals surface area contributed by atoms with Crippen LogP contribution in [-0.4, -0.2) is 55.4 Å². The van der Waals surface area contributed by atoms with E-state index in [0.717, 1.165) is 29.0 Å². The van der Waals surface area contributed by atoms with Crippen LogP contribution in [-0.2, 0) is 11.3 Å². The first kappa shape index (κ1) is 25.0. The number of ether oxygens (including phenoxy) is 1. The van der Waals surface area contributed by atoms with Gasteiger partial charge in [-0.25, -0.2) is 19.6 Å². The molecular formula is C23H28FIN8O3. The van der Waals surface area contributed by atoms with Gasteiger partial charge in [0.05, 0.1) is 12.3 Å². The summed E-state index contributed by atoms with van der Waals surface area (Å²) in [6, 6.07) is 2.36. The third kappa shape index (κ3) is 4.83. The largest absolute Gasteiger partial charge is 0.390 e. The Morgan fingerprint density at radius 2 is 2.14 bits per heavy atom. The van der Waals surface area contributed by atoms with E-state index in [2.05, 4.69) is 42.6 Å². The number of piperidine rings is 1. The number of aromatic amines is 1. The number of anilines is 1. The molecule has 2 saturated heterocycles. The summed E-state index contributed by atoms with van der Waals surface area (Å²) in [5, 5.41) is 14.7. The summed E-state index contributed by atoms with van der Waals surface area (Å²) in [5.41, 5.74) is 7.30. The highest BCUT2D eigenvalue weighted by Gasteiger charge is 2.35. The van der Waals surface area contributed by atoms with Crippen LogP contribution in [0.25, 0.3) is 11.2 Å². The van der Waals surface area contributed by atoms with Crippen LogP contribution in [0.2, 0.25) is 0 Å². The summed E-state index contributed by atoms with van der Waals surface area (Å²) in [4.78, 5) is 29.7. The van der Waals surface area contributed by atoms with E-state index < -0.39 is 16.9 Å². The van der Waals surface area contributed by atoms with Gasteiger partial charge in [-0.2, -0.15) is 9.49 Å². The zero-order valence-electron chi connectivity index (χ0n) is 19.9. The van der Waals surface area contributed by atoms with E-state index in [-0.39, 0.29) is 18.5 Å². The van der Waals surface area contributed by atoms with Crippen LogP contribution in [0.1, 0.15) is 50.9 Å². The van der Waals surface area contributed by atoms with Crippen molar-refractivity contribution in [1.82, 2.24) is 24.7 Å². The van der Waals surface area contributed by atoms with Gasteiger partial charge in [-0.05, 0) is 54.7 Å². The van der Waals surface area contributed by atoms with Gasteiger partial charge in [-0.1, -0.05) is 6.92 Å². The number of amidine groups is 1. The maximum atomic E-state index is 13.6. The Balaban J connectivity index is 1.41. The second-order valence-electron chi connectivity index (χ2n) is 9.48. The quantitative estimate of drug-likeness (QED) is 0.173. The molecule has 0 amide bonds. The Bertz CT molecular complexity index is 1360. The SMILES string of the molecule is CC1(C(N)=Nc2cc(F)[nH]c(=O)c2)CCN(c2nc3c(nc2CO)c(I)nn3C2CCCCO2)CC1. The highest BCUT2D eigenvalue weighted by molar-refractivity contribution is 14.1. The van der Waals surface area contributed by atoms with Crippen molar-refractivity contribution >= 4 is 51.1 Å². The Kier molecular flexibility index (Phi) is 6.96. The van der Waals surface area contributed by atoms with Gasteiger partial charge in [-0.15, -0.1) is 0 Å². The molecule has 0 saturated carbocycles.